The van der Waals surface area contributed by atoms with E-state index in [2.05, 4.69) is 10.1 Å². The largest absolute Gasteiger partial charge is 0.396 e. The summed E-state index contributed by atoms with van der Waals surface area (Å²) in [5.41, 5.74) is 1.64. The molecule has 0 spiro atoms. The maximum absolute atomic E-state index is 12.6. The van der Waals surface area contributed by atoms with Gasteiger partial charge in [-0.05, 0) is 12.7 Å². The highest BCUT2D eigenvalue weighted by molar-refractivity contribution is 8.32. The molecule has 1 aliphatic rings. The molecule has 0 radical (unpaired) electrons. The molecule has 0 saturated heterocycles. The van der Waals surface area contributed by atoms with Crippen LogP contribution < -0.4 is 0 Å². The van der Waals surface area contributed by atoms with Crippen molar-refractivity contribution in [1.82, 2.24) is 0 Å². The highest BCUT2D eigenvalue weighted by Gasteiger charge is 2.13. The molecule has 7 heteroatoms. The van der Waals surface area contributed by atoms with Crippen molar-refractivity contribution in [2.75, 3.05) is 12.4 Å². The van der Waals surface area contributed by atoms with Crippen molar-refractivity contribution in [2.45, 2.75) is 13.3 Å². The van der Waals surface area contributed by atoms with Crippen LogP contribution in [-0.2, 0) is 4.84 Å². The van der Waals surface area contributed by atoms with Crippen LogP contribution >= 0.6 is 10.9 Å². The lowest BCUT2D eigenvalue weighted by Crippen LogP contribution is -1.94. The average molecular weight is 266 g/mol. The molecule has 0 aromatic carbocycles. The second-order valence-electron chi connectivity index (χ2n) is 3.08. The van der Waals surface area contributed by atoms with Gasteiger partial charge in [0.1, 0.15) is 6.61 Å². The van der Waals surface area contributed by atoms with E-state index < -0.39 is 22.8 Å². The van der Waals surface area contributed by atoms with Gasteiger partial charge in [-0.2, -0.15) is 19.7 Å². The second-order valence-corrected chi connectivity index (χ2v) is 5.21. The van der Waals surface area contributed by atoms with Crippen LogP contribution in [0.1, 0.15) is 13.3 Å². The number of thiol groups is 1. The van der Waals surface area contributed by atoms with Crippen LogP contribution in [0.4, 0.5) is 13.2 Å². The van der Waals surface area contributed by atoms with E-state index in [9.17, 15) is 13.2 Å². The Hall–Kier alpha value is -1.24. The lowest BCUT2D eigenvalue weighted by Gasteiger charge is -2.11. The van der Waals surface area contributed by atoms with Crippen LogP contribution in [0.3, 0.4) is 0 Å². The third-order valence-corrected chi connectivity index (χ3v) is 3.92. The van der Waals surface area contributed by atoms with Gasteiger partial charge in [0.15, 0.2) is 5.83 Å². The molecule has 0 fully saturated rings. The molecule has 3 nitrogen and oxygen atoms in total. The number of oxime groups is 1. The molecule has 0 saturated carbocycles. The van der Waals surface area contributed by atoms with E-state index in [-0.39, 0.29) is 6.42 Å². The first-order valence-electron chi connectivity index (χ1n) is 5.00. The van der Waals surface area contributed by atoms with Crippen LogP contribution in [0.25, 0.3) is 0 Å². The highest BCUT2D eigenvalue weighted by Crippen LogP contribution is 2.37. The van der Waals surface area contributed by atoms with Gasteiger partial charge in [-0.25, -0.2) is 4.39 Å². The Balaban J connectivity index is 2.46. The minimum Gasteiger partial charge on any atom is -0.396 e. The van der Waals surface area contributed by atoms with E-state index in [0.29, 0.717) is 12.4 Å². The number of hydrogen-bond acceptors (Lipinski definition) is 3. The quantitative estimate of drug-likeness (QED) is 0.446. The zero-order chi connectivity index (χ0) is 12.7. The maximum Gasteiger partial charge on any atom is 0.301 e. The van der Waals surface area contributed by atoms with Crippen LogP contribution in [0, 0.1) is 0 Å². The molecule has 1 unspecified atom stereocenters. The Morgan fingerprint density at radius 2 is 2.29 bits per heavy atom. The molecular weight excluding hydrogens is 253 g/mol. The number of aliphatic imine (C=N–C) groups is 1. The summed E-state index contributed by atoms with van der Waals surface area (Å²) in [5, 5.41) is 3.67. The fourth-order valence-corrected chi connectivity index (χ4v) is 2.69. The maximum atomic E-state index is 12.6. The lowest BCUT2D eigenvalue weighted by atomic mass is 10.4. The molecule has 0 bridgehead atoms. The molecule has 0 amide bonds. The molecule has 0 N–H and O–H groups in total. The molecule has 1 atom stereocenters. The molecule has 96 valence electrons. The van der Waals surface area contributed by atoms with E-state index in [1.54, 1.807) is 18.7 Å². The Labute approximate surface area is 100 Å². The van der Waals surface area contributed by atoms with Crippen LogP contribution in [0.5, 0.6) is 0 Å². The number of halogens is 3. The van der Waals surface area contributed by atoms with Gasteiger partial charge >= 0.3 is 6.08 Å². The average Bonchev–Trinajstić information content (AvgIpc) is 2.74. The number of nitrogens with zero attached hydrogens (tertiary/aromatic N) is 2. The molecule has 0 aliphatic carbocycles. The molecule has 0 aromatic rings. The Kier molecular flexibility index (Phi) is 5.82. The van der Waals surface area contributed by atoms with E-state index in [0.717, 1.165) is 4.91 Å². The smallest absolute Gasteiger partial charge is 0.301 e. The van der Waals surface area contributed by atoms with Crippen molar-refractivity contribution in [3.63, 3.8) is 0 Å². The van der Waals surface area contributed by atoms with Crippen LogP contribution in [-0.4, -0.2) is 24.1 Å². The van der Waals surface area contributed by atoms with Crippen molar-refractivity contribution >= 4 is 22.7 Å². The predicted octanol–water partition coefficient (Wildman–Crippen LogP) is 3.36. The molecule has 0 aromatic heterocycles. The van der Waals surface area contributed by atoms with E-state index in [1.165, 1.54) is 6.21 Å². The summed E-state index contributed by atoms with van der Waals surface area (Å²) in [5.74, 6) is -1.06. The minimum absolute atomic E-state index is 0.278. The van der Waals surface area contributed by atoms with Gasteiger partial charge in [-0.15, -0.1) is 0 Å². The first kappa shape index (κ1) is 13.8. The van der Waals surface area contributed by atoms with Gasteiger partial charge < -0.3 is 4.84 Å². The van der Waals surface area contributed by atoms with E-state index >= 15 is 0 Å². The lowest BCUT2D eigenvalue weighted by molar-refractivity contribution is 0.160. The van der Waals surface area contributed by atoms with Crippen LogP contribution in [0.2, 0.25) is 0 Å². The van der Waals surface area contributed by atoms with Crippen molar-refractivity contribution in [2.24, 2.45) is 10.1 Å². The zero-order valence-corrected chi connectivity index (χ0v) is 10.1. The first-order chi connectivity index (χ1) is 8.15. The van der Waals surface area contributed by atoms with Crippen LogP contribution in [0.15, 0.2) is 33.2 Å². The van der Waals surface area contributed by atoms with Crippen molar-refractivity contribution in [3.8, 4) is 0 Å². The summed E-state index contributed by atoms with van der Waals surface area (Å²) in [6, 6.07) is 0. The number of hydrogen-bond donors (Lipinski definition) is 1. The summed E-state index contributed by atoms with van der Waals surface area (Å²) in [4.78, 5) is 9.50. The normalized spacial score (nSPS) is 20.7. The van der Waals surface area contributed by atoms with Gasteiger partial charge in [-0.3, -0.25) is 4.99 Å². The molecule has 1 heterocycles. The summed E-state index contributed by atoms with van der Waals surface area (Å²) < 4.78 is 36.4. The van der Waals surface area contributed by atoms with Gasteiger partial charge in [0, 0.05) is 23.1 Å². The molecule has 1 aliphatic heterocycles. The highest BCUT2D eigenvalue weighted by atomic mass is 32.2. The predicted molar refractivity (Wildman–Crippen MR) is 65.5 cm³/mol. The minimum atomic E-state index is -2.25. The summed E-state index contributed by atoms with van der Waals surface area (Å²) in [6.45, 7) is 2.25. The zero-order valence-electron chi connectivity index (χ0n) is 9.24. The Morgan fingerprint density at radius 1 is 1.53 bits per heavy atom. The van der Waals surface area contributed by atoms with Crippen molar-refractivity contribution in [1.29, 1.82) is 0 Å². The Morgan fingerprint density at radius 3 is 2.94 bits per heavy atom. The third kappa shape index (κ3) is 4.64. The first-order valence-corrected chi connectivity index (χ1v) is 6.59. The molecular formula is C10H13F3N2OS. The summed E-state index contributed by atoms with van der Waals surface area (Å²) >= 11 is 0. The Bertz CT molecular complexity index is 376. The number of allylic oxidation sites excluding steroid dienone is 2. The van der Waals surface area contributed by atoms with Crippen molar-refractivity contribution < 1.29 is 18.0 Å². The summed E-state index contributed by atoms with van der Waals surface area (Å²) in [7, 11) is -0.850. The van der Waals surface area contributed by atoms with Gasteiger partial charge in [0.2, 0.25) is 0 Å². The second kappa shape index (κ2) is 7.16. The van der Waals surface area contributed by atoms with Gasteiger partial charge in [0.05, 0.1) is 6.21 Å². The monoisotopic (exact) mass is 266 g/mol. The molecule has 1 rings (SSSR count). The summed E-state index contributed by atoms with van der Waals surface area (Å²) in [6.07, 6.45) is 0.557. The fraction of sp³-hybridized carbons (Fsp3) is 0.400. The van der Waals surface area contributed by atoms with E-state index in [1.807, 2.05) is 0 Å². The standard InChI is InChI=1S/C10H13F3N2OS/c1-2-16-15-6-8-5-14-7-17(8)4-3-9(11)10(12)13/h5-7,17H,2-4H2,1H3/b15-6-. The van der Waals surface area contributed by atoms with Gasteiger partial charge in [-0.1, -0.05) is 5.16 Å². The SMILES string of the molecule is CCO/N=C\C1=CN=C[SH]1CCC(F)=C(F)F. The molecule has 17 heavy (non-hydrogen) atoms. The van der Waals surface area contributed by atoms with E-state index in [4.69, 9.17) is 4.84 Å². The fourth-order valence-electron chi connectivity index (χ4n) is 1.10. The third-order valence-electron chi connectivity index (χ3n) is 1.91. The van der Waals surface area contributed by atoms with Crippen molar-refractivity contribution in [3.05, 3.63) is 23.0 Å². The van der Waals surface area contributed by atoms with Gasteiger partial charge in [0.25, 0.3) is 0 Å². The topological polar surface area (TPSA) is 34.0 Å². The number of rotatable bonds is 6.